The first-order valence-electron chi connectivity index (χ1n) is 5.54. The number of nitrogens with zero attached hydrogens (tertiary/aromatic N) is 4. The van der Waals surface area contributed by atoms with Crippen molar-refractivity contribution in [1.82, 2.24) is 19.1 Å². The van der Waals surface area contributed by atoms with Crippen molar-refractivity contribution in [2.45, 2.75) is 33.0 Å². The van der Waals surface area contributed by atoms with E-state index >= 15 is 0 Å². The van der Waals surface area contributed by atoms with Crippen LogP contribution in [0.15, 0.2) is 24.9 Å². The highest BCUT2D eigenvalue weighted by molar-refractivity contribution is 5.03. The van der Waals surface area contributed by atoms with Crippen LogP contribution in [-0.4, -0.2) is 19.1 Å². The summed E-state index contributed by atoms with van der Waals surface area (Å²) in [5.41, 5.74) is 6.80. The largest absolute Gasteiger partial charge is 0.333 e. The van der Waals surface area contributed by atoms with Crippen LogP contribution in [0.3, 0.4) is 0 Å². The zero-order chi connectivity index (χ0) is 11.4. The Kier molecular flexibility index (Phi) is 3.36. The van der Waals surface area contributed by atoms with E-state index in [1.54, 1.807) is 6.20 Å². The average Bonchev–Trinajstić information content (AvgIpc) is 2.89. The fourth-order valence-electron chi connectivity index (χ4n) is 1.77. The molecule has 0 spiro atoms. The number of imidazole rings is 2. The molecule has 0 saturated heterocycles. The summed E-state index contributed by atoms with van der Waals surface area (Å²) in [6, 6.07) is 0. The first kappa shape index (κ1) is 10.9. The highest BCUT2D eigenvalue weighted by atomic mass is 15.1. The molecular formula is C11H17N5. The van der Waals surface area contributed by atoms with Gasteiger partial charge < -0.3 is 14.9 Å². The van der Waals surface area contributed by atoms with Crippen LogP contribution in [0.5, 0.6) is 0 Å². The van der Waals surface area contributed by atoms with Crippen molar-refractivity contribution in [2.24, 2.45) is 5.73 Å². The Labute approximate surface area is 94.9 Å². The van der Waals surface area contributed by atoms with Crippen LogP contribution in [0, 0.1) is 0 Å². The van der Waals surface area contributed by atoms with E-state index in [0.717, 1.165) is 25.3 Å². The summed E-state index contributed by atoms with van der Waals surface area (Å²) in [5.74, 6) is 0.907. The number of nitrogens with two attached hydrogens (primary N) is 1. The van der Waals surface area contributed by atoms with Crippen molar-refractivity contribution in [1.29, 1.82) is 0 Å². The van der Waals surface area contributed by atoms with Gasteiger partial charge in [0.05, 0.1) is 25.1 Å². The molecule has 5 nitrogen and oxygen atoms in total. The Morgan fingerprint density at radius 3 is 3.00 bits per heavy atom. The van der Waals surface area contributed by atoms with E-state index in [2.05, 4.69) is 26.0 Å². The van der Waals surface area contributed by atoms with Gasteiger partial charge in [0, 0.05) is 25.1 Å². The third-order valence-corrected chi connectivity index (χ3v) is 2.58. The third kappa shape index (κ3) is 2.14. The van der Waals surface area contributed by atoms with E-state index in [9.17, 15) is 0 Å². The Balaban J connectivity index is 2.17. The van der Waals surface area contributed by atoms with E-state index in [1.807, 2.05) is 18.7 Å². The van der Waals surface area contributed by atoms with Crippen molar-refractivity contribution >= 4 is 0 Å². The zero-order valence-corrected chi connectivity index (χ0v) is 9.50. The minimum atomic E-state index is 0.467. The molecule has 2 rings (SSSR count). The van der Waals surface area contributed by atoms with Gasteiger partial charge in [-0.15, -0.1) is 0 Å². The van der Waals surface area contributed by atoms with E-state index < -0.39 is 0 Å². The molecule has 2 N–H and O–H groups in total. The lowest BCUT2D eigenvalue weighted by molar-refractivity contribution is 0.612. The molecular weight excluding hydrogens is 202 g/mol. The molecule has 0 fully saturated rings. The van der Waals surface area contributed by atoms with Crippen LogP contribution in [0.25, 0.3) is 0 Å². The van der Waals surface area contributed by atoms with Gasteiger partial charge in [0.15, 0.2) is 0 Å². The second-order valence-corrected chi connectivity index (χ2v) is 3.75. The summed E-state index contributed by atoms with van der Waals surface area (Å²) < 4.78 is 4.23. The van der Waals surface area contributed by atoms with E-state index in [0.29, 0.717) is 6.54 Å². The molecule has 0 aliphatic carbocycles. The van der Waals surface area contributed by atoms with Gasteiger partial charge in [-0.25, -0.2) is 9.97 Å². The fraction of sp³-hybridized carbons (Fsp3) is 0.455. The average molecular weight is 219 g/mol. The van der Waals surface area contributed by atoms with Gasteiger partial charge >= 0.3 is 0 Å². The second kappa shape index (κ2) is 4.94. The standard InChI is InChI=1S/C11H17N5/c1-2-4-16-9-13-7-10(16)8-15-5-3-14-11(15)6-12/h3,5,7,9H,2,4,6,8,12H2,1H3. The molecule has 2 aromatic heterocycles. The number of hydrogen-bond acceptors (Lipinski definition) is 3. The molecule has 5 heteroatoms. The van der Waals surface area contributed by atoms with E-state index in [4.69, 9.17) is 5.73 Å². The van der Waals surface area contributed by atoms with Crippen molar-refractivity contribution < 1.29 is 0 Å². The van der Waals surface area contributed by atoms with E-state index in [-0.39, 0.29) is 0 Å². The maximum Gasteiger partial charge on any atom is 0.122 e. The molecule has 0 aliphatic rings. The number of rotatable bonds is 5. The van der Waals surface area contributed by atoms with Gasteiger partial charge in [-0.3, -0.25) is 0 Å². The van der Waals surface area contributed by atoms with Crippen molar-refractivity contribution in [3.05, 3.63) is 36.4 Å². The normalized spacial score (nSPS) is 10.9. The molecule has 0 saturated carbocycles. The molecule has 16 heavy (non-hydrogen) atoms. The molecule has 2 aromatic rings. The Hall–Kier alpha value is -1.62. The van der Waals surface area contributed by atoms with Crippen LogP contribution < -0.4 is 5.73 Å². The maximum atomic E-state index is 5.62. The predicted molar refractivity (Wildman–Crippen MR) is 61.7 cm³/mol. The summed E-state index contributed by atoms with van der Waals surface area (Å²) in [5, 5.41) is 0. The number of hydrogen-bond donors (Lipinski definition) is 1. The summed E-state index contributed by atoms with van der Waals surface area (Å²) in [6.45, 7) is 4.41. The van der Waals surface area contributed by atoms with Crippen molar-refractivity contribution in [2.75, 3.05) is 0 Å². The minimum absolute atomic E-state index is 0.467. The van der Waals surface area contributed by atoms with Gasteiger partial charge in [-0.2, -0.15) is 0 Å². The van der Waals surface area contributed by atoms with Crippen LogP contribution in [0.4, 0.5) is 0 Å². The zero-order valence-electron chi connectivity index (χ0n) is 9.50. The molecule has 0 amide bonds. The molecule has 0 atom stereocenters. The maximum absolute atomic E-state index is 5.62. The SMILES string of the molecule is CCCn1cncc1Cn1ccnc1CN. The van der Waals surface area contributed by atoms with E-state index in [1.165, 1.54) is 5.69 Å². The molecule has 0 aromatic carbocycles. The van der Waals surface area contributed by atoms with Gasteiger partial charge in [0.1, 0.15) is 5.82 Å². The summed E-state index contributed by atoms with van der Waals surface area (Å²) in [7, 11) is 0. The lowest BCUT2D eigenvalue weighted by Crippen LogP contribution is -2.11. The van der Waals surface area contributed by atoms with Crippen LogP contribution in [0.2, 0.25) is 0 Å². The minimum Gasteiger partial charge on any atom is -0.333 e. The molecule has 86 valence electrons. The molecule has 2 heterocycles. The number of aryl methyl sites for hydroxylation is 1. The molecule has 0 aliphatic heterocycles. The summed E-state index contributed by atoms with van der Waals surface area (Å²) in [6.07, 6.45) is 8.61. The number of aromatic nitrogens is 4. The Morgan fingerprint density at radius 2 is 2.25 bits per heavy atom. The smallest absolute Gasteiger partial charge is 0.122 e. The predicted octanol–water partition coefficient (Wildman–Crippen LogP) is 0.997. The van der Waals surface area contributed by atoms with Crippen molar-refractivity contribution in [3.63, 3.8) is 0 Å². The van der Waals surface area contributed by atoms with Gasteiger partial charge in [-0.1, -0.05) is 6.92 Å². The topological polar surface area (TPSA) is 61.7 Å². The van der Waals surface area contributed by atoms with Gasteiger partial charge in [0.25, 0.3) is 0 Å². The first-order valence-corrected chi connectivity index (χ1v) is 5.54. The van der Waals surface area contributed by atoms with Crippen LogP contribution >= 0.6 is 0 Å². The van der Waals surface area contributed by atoms with Gasteiger partial charge in [-0.05, 0) is 6.42 Å². The summed E-state index contributed by atoms with van der Waals surface area (Å²) >= 11 is 0. The first-order chi connectivity index (χ1) is 7.85. The molecule has 0 radical (unpaired) electrons. The highest BCUT2D eigenvalue weighted by Gasteiger charge is 2.05. The molecule has 0 unspecified atom stereocenters. The highest BCUT2D eigenvalue weighted by Crippen LogP contribution is 2.06. The van der Waals surface area contributed by atoms with Crippen molar-refractivity contribution in [3.8, 4) is 0 Å². The summed E-state index contributed by atoms with van der Waals surface area (Å²) in [4.78, 5) is 8.37. The third-order valence-electron chi connectivity index (χ3n) is 2.58. The fourth-order valence-corrected chi connectivity index (χ4v) is 1.77. The Bertz CT molecular complexity index is 443. The lowest BCUT2D eigenvalue weighted by atomic mass is 10.4. The van der Waals surface area contributed by atoms with Crippen LogP contribution in [0.1, 0.15) is 24.9 Å². The quantitative estimate of drug-likeness (QED) is 0.816. The van der Waals surface area contributed by atoms with Crippen LogP contribution in [-0.2, 0) is 19.6 Å². The molecule has 0 bridgehead atoms. The Morgan fingerprint density at radius 1 is 1.38 bits per heavy atom. The van der Waals surface area contributed by atoms with Gasteiger partial charge in [0.2, 0.25) is 0 Å². The second-order valence-electron chi connectivity index (χ2n) is 3.75. The lowest BCUT2D eigenvalue weighted by Gasteiger charge is -2.09. The monoisotopic (exact) mass is 219 g/mol.